The van der Waals surface area contributed by atoms with E-state index in [-0.39, 0.29) is 17.4 Å². The number of aromatic hydroxyl groups is 1. The first-order chi connectivity index (χ1) is 16.4. The molecular weight excluding hydrogens is 500 g/mol. The Hall–Kier alpha value is -3.36. The summed E-state index contributed by atoms with van der Waals surface area (Å²) in [5.74, 6) is -1.24. The van der Waals surface area contributed by atoms with Gasteiger partial charge in [-0.3, -0.25) is 14.4 Å². The highest BCUT2D eigenvalue weighted by Gasteiger charge is 2.60. The number of benzene rings is 3. The zero-order valence-corrected chi connectivity index (χ0v) is 20.2. The lowest BCUT2D eigenvalue weighted by Crippen LogP contribution is -2.37. The number of aryl methyl sites for hydroxylation is 1. The first kappa shape index (κ1) is 22.4. The van der Waals surface area contributed by atoms with E-state index in [0.29, 0.717) is 28.0 Å². The van der Waals surface area contributed by atoms with Crippen LogP contribution in [-0.2, 0) is 14.4 Å². The lowest BCUT2D eigenvalue weighted by Gasteiger charge is -2.29. The van der Waals surface area contributed by atoms with E-state index in [1.807, 2.05) is 56.3 Å². The minimum absolute atomic E-state index is 0.0255. The molecule has 3 aromatic carbocycles. The number of amides is 2. The number of hydrogen-bond donors (Lipinski definition) is 1. The second kappa shape index (κ2) is 8.77. The van der Waals surface area contributed by atoms with Crippen molar-refractivity contribution in [1.29, 1.82) is 0 Å². The van der Waals surface area contributed by atoms with Crippen LogP contribution in [0.25, 0.3) is 0 Å². The van der Waals surface area contributed by atoms with Crippen molar-refractivity contribution in [3.8, 4) is 11.5 Å². The highest BCUT2D eigenvalue weighted by molar-refractivity contribution is 9.10. The molecule has 0 bridgehead atoms. The third-order valence-electron chi connectivity index (χ3n) is 6.11. The molecule has 5 rings (SSSR count). The number of hydroxylamine groups is 1. The standard InChI is InChI=1S/C26H23BrN2O5/c1-3-33-20-14-16(13-19(27)23(20)30)22-21-24(34-29(22)18-7-5-4-6-8-18)26(32)28(25(21)31)17-11-9-15(2)10-12-17/h4-14,21-22,24,30H,3H2,1-2H3/t21-,22-,24-/m1/s1. The van der Waals surface area contributed by atoms with E-state index in [1.165, 1.54) is 4.90 Å². The number of imide groups is 1. The topological polar surface area (TPSA) is 79.3 Å². The molecule has 1 N–H and O–H groups in total. The highest BCUT2D eigenvalue weighted by atomic mass is 79.9. The number of ether oxygens (including phenoxy) is 1. The summed E-state index contributed by atoms with van der Waals surface area (Å²) in [4.78, 5) is 34.5. The first-order valence-electron chi connectivity index (χ1n) is 11.0. The Morgan fingerprint density at radius 2 is 1.71 bits per heavy atom. The molecule has 3 aromatic rings. The third-order valence-corrected chi connectivity index (χ3v) is 6.71. The molecule has 2 saturated heterocycles. The van der Waals surface area contributed by atoms with Gasteiger partial charge in [-0.25, -0.2) is 9.96 Å². The maximum absolute atomic E-state index is 13.7. The van der Waals surface area contributed by atoms with Crippen LogP contribution in [0, 0.1) is 12.8 Å². The van der Waals surface area contributed by atoms with Crippen LogP contribution in [0.3, 0.4) is 0 Å². The second-order valence-electron chi connectivity index (χ2n) is 8.29. The SMILES string of the molecule is CCOc1cc([C@@H]2[C@H]3C(=O)N(c4ccc(C)cc4)C(=O)[C@@H]3ON2c2ccccc2)cc(Br)c1O. The molecule has 0 aromatic heterocycles. The highest BCUT2D eigenvalue weighted by Crippen LogP contribution is 2.49. The maximum atomic E-state index is 13.7. The molecule has 0 saturated carbocycles. The fourth-order valence-corrected chi connectivity index (χ4v) is 4.99. The summed E-state index contributed by atoms with van der Waals surface area (Å²) in [6, 6.07) is 19.4. The Bertz CT molecular complexity index is 1250. The van der Waals surface area contributed by atoms with E-state index in [0.717, 1.165) is 5.56 Å². The molecule has 2 amide bonds. The molecule has 2 heterocycles. The van der Waals surface area contributed by atoms with Crippen LogP contribution in [0.5, 0.6) is 11.5 Å². The predicted octanol–water partition coefficient (Wildman–Crippen LogP) is 4.91. The van der Waals surface area contributed by atoms with E-state index in [9.17, 15) is 14.7 Å². The van der Waals surface area contributed by atoms with E-state index in [2.05, 4.69) is 15.9 Å². The first-order valence-corrected chi connectivity index (χ1v) is 11.8. The monoisotopic (exact) mass is 522 g/mol. The van der Waals surface area contributed by atoms with Crippen LogP contribution in [0.1, 0.15) is 24.1 Å². The number of hydrogen-bond acceptors (Lipinski definition) is 6. The number of rotatable bonds is 5. The lowest BCUT2D eigenvalue weighted by atomic mass is 9.90. The predicted molar refractivity (Wildman–Crippen MR) is 131 cm³/mol. The van der Waals surface area contributed by atoms with Crippen LogP contribution in [0.2, 0.25) is 0 Å². The number of para-hydroxylation sites is 1. The lowest BCUT2D eigenvalue weighted by molar-refractivity contribution is -0.126. The third kappa shape index (κ3) is 3.63. The molecule has 7 nitrogen and oxygen atoms in total. The van der Waals surface area contributed by atoms with Gasteiger partial charge in [-0.2, -0.15) is 0 Å². The van der Waals surface area contributed by atoms with Crippen molar-refractivity contribution in [2.75, 3.05) is 16.6 Å². The van der Waals surface area contributed by atoms with Gasteiger partial charge in [-0.15, -0.1) is 0 Å². The van der Waals surface area contributed by atoms with Crippen molar-refractivity contribution < 1.29 is 24.3 Å². The van der Waals surface area contributed by atoms with E-state index in [4.69, 9.17) is 9.57 Å². The molecule has 2 fully saturated rings. The molecular formula is C26H23BrN2O5. The Balaban J connectivity index is 1.62. The molecule has 34 heavy (non-hydrogen) atoms. The van der Waals surface area contributed by atoms with Crippen LogP contribution in [0.4, 0.5) is 11.4 Å². The van der Waals surface area contributed by atoms with Gasteiger partial charge >= 0.3 is 0 Å². The quantitative estimate of drug-likeness (QED) is 0.479. The average Bonchev–Trinajstić information content (AvgIpc) is 3.34. The number of phenolic OH excluding ortho intramolecular Hbond substituents is 1. The van der Waals surface area contributed by atoms with Gasteiger partial charge in [0.15, 0.2) is 17.6 Å². The van der Waals surface area contributed by atoms with Gasteiger partial charge in [0, 0.05) is 0 Å². The van der Waals surface area contributed by atoms with E-state index in [1.54, 1.807) is 29.3 Å². The fourth-order valence-electron chi connectivity index (χ4n) is 4.53. The van der Waals surface area contributed by atoms with Crippen molar-refractivity contribution in [2.45, 2.75) is 26.0 Å². The number of halogens is 1. The Kier molecular flexibility index (Phi) is 5.79. The van der Waals surface area contributed by atoms with Gasteiger partial charge in [-0.05, 0) is 71.7 Å². The van der Waals surface area contributed by atoms with Crippen LogP contribution in [-0.4, -0.2) is 29.6 Å². The zero-order chi connectivity index (χ0) is 24.0. The molecule has 0 radical (unpaired) electrons. The number of fused-ring (bicyclic) bond motifs is 1. The van der Waals surface area contributed by atoms with Gasteiger partial charge in [0.25, 0.3) is 5.91 Å². The minimum Gasteiger partial charge on any atom is -0.503 e. The average molecular weight is 523 g/mol. The van der Waals surface area contributed by atoms with Gasteiger partial charge in [0.05, 0.1) is 28.5 Å². The Morgan fingerprint density at radius 1 is 1.00 bits per heavy atom. The summed E-state index contributed by atoms with van der Waals surface area (Å²) < 4.78 is 6.05. The summed E-state index contributed by atoms with van der Waals surface area (Å²) in [5, 5.41) is 12.0. The number of carbonyl (C=O) groups excluding carboxylic acids is 2. The molecule has 0 unspecified atom stereocenters. The summed E-state index contributed by atoms with van der Waals surface area (Å²) in [5.41, 5.74) is 2.94. The molecule has 0 spiro atoms. The van der Waals surface area contributed by atoms with Gasteiger partial charge in [0.2, 0.25) is 5.91 Å². The number of nitrogens with zero attached hydrogens (tertiary/aromatic N) is 2. The second-order valence-corrected chi connectivity index (χ2v) is 9.14. The van der Waals surface area contributed by atoms with Crippen molar-refractivity contribution >= 4 is 39.1 Å². The molecule has 2 aliphatic rings. The molecule has 174 valence electrons. The van der Waals surface area contributed by atoms with Crippen molar-refractivity contribution in [3.63, 3.8) is 0 Å². The minimum atomic E-state index is -0.970. The Labute approximate surface area is 205 Å². The largest absolute Gasteiger partial charge is 0.503 e. The fraction of sp³-hybridized carbons (Fsp3) is 0.231. The molecule has 8 heteroatoms. The Morgan fingerprint density at radius 3 is 2.38 bits per heavy atom. The normalized spacial score (nSPS) is 21.8. The van der Waals surface area contributed by atoms with E-state index < -0.39 is 24.0 Å². The van der Waals surface area contributed by atoms with Gasteiger partial charge < -0.3 is 9.84 Å². The molecule has 3 atom stereocenters. The van der Waals surface area contributed by atoms with Crippen LogP contribution >= 0.6 is 15.9 Å². The van der Waals surface area contributed by atoms with Gasteiger partial charge in [-0.1, -0.05) is 35.9 Å². The maximum Gasteiger partial charge on any atom is 0.266 e. The number of anilines is 2. The van der Waals surface area contributed by atoms with Crippen molar-refractivity contribution in [3.05, 3.63) is 82.3 Å². The smallest absolute Gasteiger partial charge is 0.266 e. The van der Waals surface area contributed by atoms with E-state index >= 15 is 0 Å². The summed E-state index contributed by atoms with van der Waals surface area (Å²) in [6.07, 6.45) is -0.970. The number of phenols is 1. The van der Waals surface area contributed by atoms with Crippen molar-refractivity contribution in [1.82, 2.24) is 0 Å². The van der Waals surface area contributed by atoms with Gasteiger partial charge in [0.1, 0.15) is 5.92 Å². The van der Waals surface area contributed by atoms with Crippen LogP contribution in [0.15, 0.2) is 71.2 Å². The van der Waals surface area contributed by atoms with Crippen LogP contribution < -0.4 is 14.7 Å². The summed E-state index contributed by atoms with van der Waals surface area (Å²) in [6.45, 7) is 4.13. The number of carbonyl (C=O) groups is 2. The summed E-state index contributed by atoms with van der Waals surface area (Å²) in [7, 11) is 0. The van der Waals surface area contributed by atoms with Crippen molar-refractivity contribution in [2.24, 2.45) is 5.92 Å². The molecule has 2 aliphatic heterocycles. The molecule has 0 aliphatic carbocycles. The summed E-state index contributed by atoms with van der Waals surface area (Å²) >= 11 is 3.39. The zero-order valence-electron chi connectivity index (χ0n) is 18.6.